The van der Waals surface area contributed by atoms with E-state index in [1.54, 1.807) is 11.0 Å². The summed E-state index contributed by atoms with van der Waals surface area (Å²) < 4.78 is 29.0. The second kappa shape index (κ2) is 8.14. The van der Waals surface area contributed by atoms with Crippen molar-refractivity contribution in [1.82, 2.24) is 10.2 Å². The molecule has 1 amide bonds. The fraction of sp³-hybridized carbons (Fsp3) is 0.529. The Morgan fingerprint density at radius 3 is 2.85 bits per heavy atom. The average Bonchev–Trinajstić information content (AvgIpc) is 3.28. The second-order valence-electron chi connectivity index (χ2n) is 6.76. The number of rotatable bonds is 5. The van der Waals surface area contributed by atoms with Crippen molar-refractivity contribution >= 4 is 31.9 Å². The lowest BCUT2D eigenvalue weighted by Crippen LogP contribution is -2.47. The van der Waals surface area contributed by atoms with E-state index in [1.165, 1.54) is 12.1 Å². The van der Waals surface area contributed by atoms with Crippen LogP contribution in [0.2, 0.25) is 0 Å². The van der Waals surface area contributed by atoms with Gasteiger partial charge in [-0.05, 0) is 59.8 Å². The topological polar surface area (TPSA) is 126 Å². The molecule has 0 spiro atoms. The lowest BCUT2D eigenvalue weighted by atomic mass is 10.1. The number of likely N-dealkylation sites (tertiary alicyclic amines) is 1. The van der Waals surface area contributed by atoms with Crippen molar-refractivity contribution in [3.63, 3.8) is 0 Å². The molecule has 2 saturated heterocycles. The maximum atomic E-state index is 12.6. The van der Waals surface area contributed by atoms with Crippen LogP contribution in [-0.4, -0.2) is 50.5 Å². The lowest BCUT2D eigenvalue weighted by molar-refractivity contribution is -0.133. The van der Waals surface area contributed by atoms with E-state index in [1.807, 2.05) is 0 Å². The van der Waals surface area contributed by atoms with Crippen LogP contribution in [0.15, 0.2) is 27.6 Å². The molecule has 0 aromatic heterocycles. The Labute approximate surface area is 166 Å². The van der Waals surface area contributed by atoms with Crippen LogP contribution in [-0.2, 0) is 14.8 Å². The Hall–Kier alpha value is -1.67. The summed E-state index contributed by atoms with van der Waals surface area (Å²) in [5.41, 5.74) is 0. The third-order valence-corrected chi connectivity index (χ3v) is 6.43. The van der Waals surface area contributed by atoms with Crippen LogP contribution >= 0.6 is 15.9 Å². The van der Waals surface area contributed by atoms with Gasteiger partial charge in [-0.25, -0.2) is 13.6 Å². The van der Waals surface area contributed by atoms with Crippen molar-refractivity contribution in [2.45, 2.75) is 48.7 Å². The predicted octanol–water partition coefficient (Wildman–Crippen LogP) is 1.11. The molecule has 2 heterocycles. The lowest BCUT2D eigenvalue weighted by Gasteiger charge is -2.24. The molecule has 0 radical (unpaired) electrons. The summed E-state index contributed by atoms with van der Waals surface area (Å²) in [6.45, 7) is 0.985. The van der Waals surface area contributed by atoms with E-state index >= 15 is 0 Å². The van der Waals surface area contributed by atoms with Crippen molar-refractivity contribution in [3.8, 4) is 11.8 Å². The Morgan fingerprint density at radius 1 is 1.41 bits per heavy atom. The highest BCUT2D eigenvalue weighted by atomic mass is 79.9. The standard InChI is InChI=1S/C17H21BrN4O4S/c18-14-8-13(27(20,24)25)4-6-16(14)26-10-11-3-5-15(21-11)17(23)22-7-1-2-12(22)9-19/h4,6,8,11-12,15,21H,1-3,5,7,10H2,(H2,20,24,25)/t11-,12+,15+/m1/s1. The van der Waals surface area contributed by atoms with Gasteiger partial charge in [0.05, 0.1) is 21.5 Å². The molecule has 2 aliphatic heterocycles. The van der Waals surface area contributed by atoms with Crippen molar-refractivity contribution < 1.29 is 17.9 Å². The van der Waals surface area contributed by atoms with Crippen LogP contribution in [0.3, 0.4) is 0 Å². The number of benzene rings is 1. The minimum Gasteiger partial charge on any atom is -0.491 e. The van der Waals surface area contributed by atoms with E-state index < -0.39 is 10.0 Å². The Balaban J connectivity index is 1.55. The van der Waals surface area contributed by atoms with Gasteiger partial charge in [-0.1, -0.05) is 0 Å². The molecule has 8 nitrogen and oxygen atoms in total. The Kier molecular flexibility index (Phi) is 6.05. The van der Waals surface area contributed by atoms with E-state index in [0.717, 1.165) is 19.3 Å². The number of nitrogens with zero attached hydrogens (tertiary/aromatic N) is 2. The first-order chi connectivity index (χ1) is 12.8. The molecule has 0 aliphatic carbocycles. The van der Waals surface area contributed by atoms with E-state index in [2.05, 4.69) is 27.3 Å². The number of hydrogen-bond acceptors (Lipinski definition) is 6. The maximum Gasteiger partial charge on any atom is 0.240 e. The molecule has 10 heteroatoms. The zero-order chi connectivity index (χ0) is 19.6. The minimum atomic E-state index is -3.77. The van der Waals surface area contributed by atoms with E-state index in [-0.39, 0.29) is 28.9 Å². The summed E-state index contributed by atoms with van der Waals surface area (Å²) in [6, 6.07) is 5.92. The highest BCUT2D eigenvalue weighted by Crippen LogP contribution is 2.28. The molecule has 2 aliphatic rings. The number of nitrogens with two attached hydrogens (primary N) is 1. The van der Waals surface area contributed by atoms with Crippen LogP contribution < -0.4 is 15.2 Å². The summed E-state index contributed by atoms with van der Waals surface area (Å²) in [5.74, 6) is 0.489. The summed E-state index contributed by atoms with van der Waals surface area (Å²) in [6.07, 6.45) is 3.09. The third kappa shape index (κ3) is 4.60. The van der Waals surface area contributed by atoms with Crippen LogP contribution in [0.1, 0.15) is 25.7 Å². The van der Waals surface area contributed by atoms with Crippen molar-refractivity contribution in [1.29, 1.82) is 5.26 Å². The van der Waals surface area contributed by atoms with Gasteiger partial charge in [0.25, 0.3) is 0 Å². The molecular weight excluding hydrogens is 436 g/mol. The fourth-order valence-corrected chi connectivity index (χ4v) is 4.66. The zero-order valence-corrected chi connectivity index (χ0v) is 17.0. The van der Waals surface area contributed by atoms with E-state index in [0.29, 0.717) is 29.8 Å². The number of halogens is 1. The second-order valence-corrected chi connectivity index (χ2v) is 9.18. The Morgan fingerprint density at radius 2 is 2.19 bits per heavy atom. The average molecular weight is 457 g/mol. The molecule has 146 valence electrons. The van der Waals surface area contributed by atoms with Gasteiger partial charge in [0.15, 0.2) is 0 Å². The molecule has 0 saturated carbocycles. The predicted molar refractivity (Wildman–Crippen MR) is 101 cm³/mol. The molecule has 3 N–H and O–H groups in total. The van der Waals surface area contributed by atoms with Crippen molar-refractivity contribution in [2.75, 3.05) is 13.2 Å². The number of amides is 1. The maximum absolute atomic E-state index is 12.6. The number of ether oxygens (including phenoxy) is 1. The summed E-state index contributed by atoms with van der Waals surface area (Å²) in [7, 11) is -3.77. The van der Waals surface area contributed by atoms with Crippen LogP contribution in [0.25, 0.3) is 0 Å². The summed E-state index contributed by atoms with van der Waals surface area (Å²) >= 11 is 3.29. The van der Waals surface area contributed by atoms with Gasteiger partial charge in [0, 0.05) is 12.6 Å². The van der Waals surface area contributed by atoms with Gasteiger partial charge in [-0.15, -0.1) is 0 Å². The monoisotopic (exact) mass is 456 g/mol. The first-order valence-corrected chi connectivity index (χ1v) is 11.0. The minimum absolute atomic E-state index is 0.00374. The van der Waals surface area contributed by atoms with Gasteiger partial charge in [-0.2, -0.15) is 5.26 Å². The molecular formula is C17H21BrN4O4S. The normalized spacial score (nSPS) is 25.4. The van der Waals surface area contributed by atoms with Gasteiger partial charge >= 0.3 is 0 Å². The Bertz CT molecular complexity index is 870. The summed E-state index contributed by atoms with van der Waals surface area (Å²) in [4.78, 5) is 14.3. The van der Waals surface area contributed by atoms with Gasteiger partial charge in [0.1, 0.15) is 18.4 Å². The number of carbonyl (C=O) groups is 1. The molecule has 27 heavy (non-hydrogen) atoms. The van der Waals surface area contributed by atoms with E-state index in [9.17, 15) is 13.2 Å². The van der Waals surface area contributed by atoms with Crippen LogP contribution in [0, 0.1) is 11.3 Å². The molecule has 0 bridgehead atoms. The first kappa shape index (κ1) is 20.1. The molecule has 2 fully saturated rings. The van der Waals surface area contributed by atoms with Gasteiger partial charge in [0.2, 0.25) is 15.9 Å². The van der Waals surface area contributed by atoms with E-state index in [4.69, 9.17) is 15.1 Å². The number of hydrogen-bond donors (Lipinski definition) is 2. The number of carbonyl (C=O) groups excluding carboxylic acids is 1. The number of nitriles is 1. The van der Waals surface area contributed by atoms with Gasteiger partial charge in [-0.3, -0.25) is 10.1 Å². The quantitative estimate of drug-likeness (QED) is 0.683. The largest absolute Gasteiger partial charge is 0.491 e. The van der Waals surface area contributed by atoms with Crippen LogP contribution in [0.4, 0.5) is 0 Å². The molecule has 0 unspecified atom stereocenters. The number of sulfonamides is 1. The zero-order valence-electron chi connectivity index (χ0n) is 14.6. The summed E-state index contributed by atoms with van der Waals surface area (Å²) in [5, 5.41) is 17.5. The van der Waals surface area contributed by atoms with Gasteiger partial charge < -0.3 is 9.64 Å². The van der Waals surface area contributed by atoms with Crippen LogP contribution in [0.5, 0.6) is 5.75 Å². The number of nitrogens with one attached hydrogen (secondary N) is 1. The highest BCUT2D eigenvalue weighted by molar-refractivity contribution is 9.10. The first-order valence-electron chi connectivity index (χ1n) is 8.71. The molecule has 1 aromatic carbocycles. The van der Waals surface area contributed by atoms with Crippen molar-refractivity contribution in [2.24, 2.45) is 5.14 Å². The highest BCUT2D eigenvalue weighted by Gasteiger charge is 2.37. The number of primary sulfonamides is 1. The molecule has 3 rings (SSSR count). The molecule has 1 aromatic rings. The fourth-order valence-electron chi connectivity index (χ4n) is 3.48. The third-order valence-electron chi connectivity index (χ3n) is 4.90. The molecule has 3 atom stereocenters. The van der Waals surface area contributed by atoms with Crippen molar-refractivity contribution in [3.05, 3.63) is 22.7 Å². The SMILES string of the molecule is N#C[C@@H]1CCCN1C(=O)[C@@H]1CC[C@H](COc2ccc(S(N)(=O)=O)cc2Br)N1. The smallest absolute Gasteiger partial charge is 0.240 e.